The summed E-state index contributed by atoms with van der Waals surface area (Å²) in [5.74, 6) is 0.929. The summed E-state index contributed by atoms with van der Waals surface area (Å²) in [5.41, 5.74) is -0.213. The van der Waals surface area contributed by atoms with Gasteiger partial charge in [-0.05, 0) is 24.6 Å². The number of nitrogens with zero attached hydrogens (tertiary/aromatic N) is 6. The molecule has 5 heterocycles. The number of ether oxygens (including phenoxy) is 1. The highest BCUT2D eigenvalue weighted by molar-refractivity contribution is 7.91. The molecule has 0 aliphatic carbocycles. The molecule has 3 aliphatic heterocycles. The molecule has 3 fully saturated rings. The van der Waals surface area contributed by atoms with Gasteiger partial charge in [-0.1, -0.05) is 6.07 Å². The molecular weight excluding hydrogens is 511 g/mol. The summed E-state index contributed by atoms with van der Waals surface area (Å²) >= 11 is 0. The third-order valence-corrected chi connectivity index (χ3v) is 8.88. The molecular formula is C23H26F3N7O3S. The number of benzene rings is 1. The fraction of sp³-hybridized carbons (Fsp3) is 0.522. The first-order valence-electron chi connectivity index (χ1n) is 12.1. The smallest absolute Gasteiger partial charge is 0.379 e. The van der Waals surface area contributed by atoms with Crippen molar-refractivity contribution in [2.24, 2.45) is 0 Å². The normalized spacial score (nSPS) is 22.9. The van der Waals surface area contributed by atoms with E-state index in [-0.39, 0.29) is 29.2 Å². The lowest BCUT2D eigenvalue weighted by atomic mass is 10.1. The van der Waals surface area contributed by atoms with Crippen LogP contribution in [0.25, 0.3) is 16.7 Å². The summed E-state index contributed by atoms with van der Waals surface area (Å²) in [6.45, 7) is 4.62. The Labute approximate surface area is 211 Å². The van der Waals surface area contributed by atoms with Crippen LogP contribution in [0.3, 0.4) is 0 Å². The predicted molar refractivity (Wildman–Crippen MR) is 131 cm³/mol. The minimum atomic E-state index is -4.49. The molecule has 2 aromatic heterocycles. The fourth-order valence-electron chi connectivity index (χ4n) is 5.09. The van der Waals surface area contributed by atoms with Crippen molar-refractivity contribution in [1.29, 1.82) is 0 Å². The van der Waals surface area contributed by atoms with Gasteiger partial charge < -0.3 is 15.0 Å². The number of alkyl halides is 3. The molecule has 1 atom stereocenters. The van der Waals surface area contributed by atoms with Gasteiger partial charge in [-0.15, -0.1) is 0 Å². The molecule has 0 bridgehead atoms. The average molecular weight is 538 g/mol. The zero-order valence-electron chi connectivity index (χ0n) is 19.9. The van der Waals surface area contributed by atoms with Crippen LogP contribution in [0.5, 0.6) is 0 Å². The lowest BCUT2D eigenvalue weighted by Crippen LogP contribution is -2.61. The van der Waals surface area contributed by atoms with E-state index < -0.39 is 21.6 Å². The average Bonchev–Trinajstić information content (AvgIpc) is 3.41. The Kier molecular flexibility index (Phi) is 5.99. The largest absolute Gasteiger partial charge is 0.416 e. The van der Waals surface area contributed by atoms with Crippen LogP contribution in [0.4, 0.5) is 24.9 Å². The number of hydrogen-bond acceptors (Lipinski definition) is 9. The number of halogens is 3. The van der Waals surface area contributed by atoms with E-state index >= 15 is 0 Å². The van der Waals surface area contributed by atoms with Crippen molar-refractivity contribution in [1.82, 2.24) is 24.6 Å². The van der Waals surface area contributed by atoms with Gasteiger partial charge in [0.05, 0.1) is 47.6 Å². The van der Waals surface area contributed by atoms with Crippen molar-refractivity contribution < 1.29 is 26.3 Å². The molecule has 3 aromatic rings. The van der Waals surface area contributed by atoms with Crippen LogP contribution in [-0.4, -0.2) is 96.0 Å². The molecule has 1 N–H and O–H groups in total. The molecule has 37 heavy (non-hydrogen) atoms. The van der Waals surface area contributed by atoms with E-state index in [4.69, 9.17) is 9.72 Å². The second-order valence-corrected chi connectivity index (χ2v) is 11.9. The minimum Gasteiger partial charge on any atom is -0.379 e. The Balaban J connectivity index is 1.36. The highest BCUT2D eigenvalue weighted by Gasteiger charge is 2.36. The molecule has 10 nitrogen and oxygen atoms in total. The number of anilines is 2. The van der Waals surface area contributed by atoms with Crippen molar-refractivity contribution in [2.75, 3.05) is 61.1 Å². The second kappa shape index (κ2) is 9.10. The molecule has 3 aliphatic rings. The van der Waals surface area contributed by atoms with Crippen molar-refractivity contribution in [3.05, 3.63) is 36.0 Å². The highest BCUT2D eigenvalue weighted by Crippen LogP contribution is 2.34. The van der Waals surface area contributed by atoms with E-state index in [0.717, 1.165) is 38.3 Å². The molecule has 6 rings (SSSR count). The third kappa shape index (κ3) is 4.84. The van der Waals surface area contributed by atoms with Gasteiger partial charge in [-0.3, -0.25) is 4.90 Å². The van der Waals surface area contributed by atoms with Gasteiger partial charge in [0.2, 0.25) is 5.95 Å². The van der Waals surface area contributed by atoms with Crippen LogP contribution < -0.4 is 10.2 Å². The first-order valence-corrected chi connectivity index (χ1v) is 14.0. The van der Waals surface area contributed by atoms with Crippen LogP contribution in [0.1, 0.15) is 12.0 Å². The molecule has 3 saturated heterocycles. The lowest BCUT2D eigenvalue weighted by molar-refractivity contribution is -0.137. The zero-order chi connectivity index (χ0) is 25.8. The molecule has 14 heteroatoms. The number of sulfone groups is 1. The molecule has 0 spiro atoms. The Morgan fingerprint density at radius 3 is 2.59 bits per heavy atom. The van der Waals surface area contributed by atoms with Gasteiger partial charge in [-0.2, -0.15) is 28.2 Å². The summed E-state index contributed by atoms with van der Waals surface area (Å²) in [6.07, 6.45) is -2.49. The molecule has 0 saturated carbocycles. The Morgan fingerprint density at radius 2 is 1.89 bits per heavy atom. The standard InChI is InChI=1S/C23H26F3N7O3S/c24-23(25,26)15-2-1-3-17(10-15)33-21-19(11-27-33)20(32-12-18(13-32)31-5-7-36-8-6-31)29-22(30-21)28-16-4-9-37(34,35)14-16/h1-3,10-11,16,18H,4-9,12-14H2,(H,28,29,30)/t16-/m0/s1. The summed E-state index contributed by atoms with van der Waals surface area (Å²) in [5, 5.41) is 8.11. The zero-order valence-corrected chi connectivity index (χ0v) is 20.7. The van der Waals surface area contributed by atoms with Gasteiger partial charge in [-0.25, -0.2) is 13.1 Å². The summed E-state index contributed by atoms with van der Waals surface area (Å²) in [7, 11) is -3.13. The molecule has 0 unspecified atom stereocenters. The van der Waals surface area contributed by atoms with Crippen molar-refractivity contribution in [3.63, 3.8) is 0 Å². The van der Waals surface area contributed by atoms with Crippen LogP contribution >= 0.6 is 0 Å². The second-order valence-electron chi connectivity index (χ2n) is 9.66. The van der Waals surface area contributed by atoms with Crippen LogP contribution in [0, 0.1) is 0 Å². The van der Waals surface area contributed by atoms with Gasteiger partial charge >= 0.3 is 6.18 Å². The molecule has 0 radical (unpaired) electrons. The van der Waals surface area contributed by atoms with Gasteiger partial charge in [0, 0.05) is 38.3 Å². The number of fused-ring (bicyclic) bond motifs is 1. The van der Waals surface area contributed by atoms with Crippen LogP contribution in [-0.2, 0) is 20.8 Å². The number of nitrogens with one attached hydrogen (secondary N) is 1. The van der Waals surface area contributed by atoms with Gasteiger partial charge in [0.25, 0.3) is 0 Å². The first kappa shape index (κ1) is 24.4. The lowest BCUT2D eigenvalue weighted by Gasteiger charge is -2.47. The number of hydrogen-bond donors (Lipinski definition) is 1. The Hall–Kier alpha value is -2.97. The number of rotatable bonds is 5. The van der Waals surface area contributed by atoms with E-state index in [2.05, 4.69) is 25.2 Å². The van der Waals surface area contributed by atoms with Gasteiger partial charge in [0.15, 0.2) is 15.5 Å². The summed E-state index contributed by atoms with van der Waals surface area (Å²) < 4.78 is 70.8. The van der Waals surface area contributed by atoms with Crippen LogP contribution in [0.15, 0.2) is 30.5 Å². The minimum absolute atomic E-state index is 0.0144. The van der Waals surface area contributed by atoms with E-state index in [1.165, 1.54) is 16.8 Å². The van der Waals surface area contributed by atoms with Crippen molar-refractivity contribution >= 4 is 32.6 Å². The number of aromatic nitrogens is 4. The topological polar surface area (TPSA) is 105 Å². The maximum Gasteiger partial charge on any atom is 0.416 e. The van der Waals surface area contributed by atoms with Crippen LogP contribution in [0.2, 0.25) is 0 Å². The van der Waals surface area contributed by atoms with E-state index in [0.29, 0.717) is 42.5 Å². The third-order valence-electron chi connectivity index (χ3n) is 7.12. The van der Waals surface area contributed by atoms with E-state index in [9.17, 15) is 21.6 Å². The Bertz CT molecular complexity index is 1420. The highest BCUT2D eigenvalue weighted by atomic mass is 32.2. The van der Waals surface area contributed by atoms with E-state index in [1.807, 2.05) is 0 Å². The quantitative estimate of drug-likeness (QED) is 0.523. The first-order chi connectivity index (χ1) is 17.7. The summed E-state index contributed by atoms with van der Waals surface area (Å²) in [4.78, 5) is 13.8. The molecule has 198 valence electrons. The Morgan fingerprint density at radius 1 is 1.11 bits per heavy atom. The molecule has 0 amide bonds. The van der Waals surface area contributed by atoms with Crippen molar-refractivity contribution in [3.8, 4) is 5.69 Å². The molecule has 1 aromatic carbocycles. The van der Waals surface area contributed by atoms with E-state index in [1.54, 1.807) is 6.20 Å². The summed E-state index contributed by atoms with van der Waals surface area (Å²) in [6, 6.07) is 4.93. The monoisotopic (exact) mass is 537 g/mol. The maximum atomic E-state index is 13.4. The fourth-order valence-corrected chi connectivity index (χ4v) is 6.77. The SMILES string of the molecule is O=S1(=O)CC[C@H](Nc2nc(N3CC(N4CCOCC4)C3)c3cnn(-c4cccc(C(F)(F)F)c4)c3n2)C1. The maximum absolute atomic E-state index is 13.4. The predicted octanol–water partition coefficient (Wildman–Crippen LogP) is 1.95. The van der Waals surface area contributed by atoms with Crippen molar-refractivity contribution in [2.45, 2.75) is 24.7 Å². The van der Waals surface area contributed by atoms with Gasteiger partial charge in [0.1, 0.15) is 5.82 Å². The number of morpholine rings is 1.